The maximum atomic E-state index is 2.52. The van der Waals surface area contributed by atoms with Crippen LogP contribution in [-0.2, 0) is 0 Å². The first-order chi connectivity index (χ1) is 6.27. The molecule has 0 aromatic rings. The highest BCUT2D eigenvalue weighted by Gasteiger charge is 2.55. The van der Waals surface area contributed by atoms with Crippen LogP contribution in [0.3, 0.4) is 0 Å². The molecule has 3 rings (SSSR count). The third kappa shape index (κ3) is 0.820. The molecule has 0 saturated heterocycles. The second kappa shape index (κ2) is 2.29. The van der Waals surface area contributed by atoms with Gasteiger partial charge in [0.05, 0.1) is 0 Å². The van der Waals surface area contributed by atoms with Crippen LogP contribution >= 0.6 is 0 Å². The lowest BCUT2D eigenvalue weighted by molar-refractivity contribution is 0.0344. The number of allylic oxidation sites excluding steroid dienone is 4. The first-order valence-corrected chi connectivity index (χ1v) is 5.63. The van der Waals surface area contributed by atoms with Crippen molar-refractivity contribution in [1.82, 2.24) is 0 Å². The van der Waals surface area contributed by atoms with Crippen molar-refractivity contribution < 1.29 is 0 Å². The Morgan fingerprint density at radius 2 is 1.77 bits per heavy atom. The Balaban J connectivity index is 2.02. The van der Waals surface area contributed by atoms with Crippen molar-refractivity contribution in [2.75, 3.05) is 0 Å². The van der Waals surface area contributed by atoms with Gasteiger partial charge >= 0.3 is 0 Å². The van der Waals surface area contributed by atoms with Gasteiger partial charge < -0.3 is 0 Å². The van der Waals surface area contributed by atoms with Gasteiger partial charge in [-0.15, -0.1) is 0 Å². The van der Waals surface area contributed by atoms with E-state index in [2.05, 4.69) is 25.2 Å². The highest BCUT2D eigenvalue weighted by Crippen LogP contribution is 2.65. The summed E-state index contributed by atoms with van der Waals surface area (Å²) in [5, 5.41) is 0. The minimum absolute atomic E-state index is 0.615. The minimum atomic E-state index is 0.615. The van der Waals surface area contributed by atoms with Crippen LogP contribution in [0.5, 0.6) is 0 Å². The summed E-state index contributed by atoms with van der Waals surface area (Å²) in [4.78, 5) is 0. The van der Waals surface area contributed by atoms with Crippen LogP contribution in [0, 0.1) is 10.8 Å². The van der Waals surface area contributed by atoms with Crippen molar-refractivity contribution in [3.63, 3.8) is 0 Å². The summed E-state index contributed by atoms with van der Waals surface area (Å²) in [6.07, 6.45) is 16.0. The molecule has 0 bridgehead atoms. The maximum Gasteiger partial charge on any atom is 0.00128 e. The van der Waals surface area contributed by atoms with E-state index in [-0.39, 0.29) is 0 Å². The first-order valence-electron chi connectivity index (χ1n) is 5.63. The summed E-state index contributed by atoms with van der Waals surface area (Å²) >= 11 is 0. The molecule has 1 saturated carbocycles. The van der Waals surface area contributed by atoms with Gasteiger partial charge in [0, 0.05) is 10.8 Å². The average molecular weight is 174 g/mol. The molecular formula is C13H18. The van der Waals surface area contributed by atoms with E-state index in [0.29, 0.717) is 10.8 Å². The van der Waals surface area contributed by atoms with Crippen molar-refractivity contribution in [3.05, 3.63) is 23.8 Å². The molecular weight excluding hydrogens is 156 g/mol. The molecule has 0 aromatic heterocycles. The molecule has 70 valence electrons. The molecule has 0 aromatic carbocycles. The molecule has 0 heteroatoms. The van der Waals surface area contributed by atoms with Crippen LogP contribution in [0.4, 0.5) is 0 Å². The van der Waals surface area contributed by atoms with E-state index in [1.54, 1.807) is 5.57 Å². The fourth-order valence-corrected chi connectivity index (χ4v) is 3.72. The summed E-state index contributed by atoms with van der Waals surface area (Å²) in [5.41, 5.74) is 2.86. The SMILES string of the molecule is CC1=CC[C@]23C=C[C@@]2(CCCC3)C1. The Hall–Kier alpha value is -0.520. The highest BCUT2D eigenvalue weighted by atomic mass is 14.6. The van der Waals surface area contributed by atoms with Crippen molar-refractivity contribution in [1.29, 1.82) is 0 Å². The van der Waals surface area contributed by atoms with E-state index in [9.17, 15) is 0 Å². The summed E-state index contributed by atoms with van der Waals surface area (Å²) in [5.74, 6) is 0. The van der Waals surface area contributed by atoms with Gasteiger partial charge in [0.25, 0.3) is 0 Å². The standard InChI is InChI=1S/C13H18/c1-11-4-7-12-5-2-3-6-13(12,10-11)9-8-12/h4,8-9H,2-3,5-7,10H2,1H3/t12-,13+/m1/s1. The van der Waals surface area contributed by atoms with Gasteiger partial charge in [0.15, 0.2) is 0 Å². The van der Waals surface area contributed by atoms with Gasteiger partial charge in [-0.05, 0) is 32.6 Å². The fourth-order valence-electron chi connectivity index (χ4n) is 3.72. The highest BCUT2D eigenvalue weighted by molar-refractivity contribution is 5.34. The van der Waals surface area contributed by atoms with Crippen LogP contribution in [0.1, 0.15) is 45.4 Å². The van der Waals surface area contributed by atoms with Crippen molar-refractivity contribution in [2.24, 2.45) is 10.8 Å². The summed E-state index contributed by atoms with van der Waals surface area (Å²) in [7, 11) is 0. The predicted octanol–water partition coefficient (Wildman–Crippen LogP) is 3.84. The quantitative estimate of drug-likeness (QED) is 0.489. The molecule has 0 heterocycles. The Bertz CT molecular complexity index is 297. The lowest BCUT2D eigenvalue weighted by atomic mass is 9.45. The third-order valence-electron chi connectivity index (χ3n) is 4.62. The van der Waals surface area contributed by atoms with Gasteiger partial charge in [-0.2, -0.15) is 0 Å². The van der Waals surface area contributed by atoms with E-state index in [0.717, 1.165) is 0 Å². The largest absolute Gasteiger partial charge is 0.0847 e. The second-order valence-corrected chi connectivity index (χ2v) is 5.28. The van der Waals surface area contributed by atoms with E-state index in [1.165, 1.54) is 38.5 Å². The normalized spacial score (nSPS) is 47.3. The second-order valence-electron chi connectivity index (χ2n) is 5.28. The zero-order chi connectivity index (χ0) is 8.94. The molecule has 0 aliphatic heterocycles. The summed E-state index contributed by atoms with van der Waals surface area (Å²) < 4.78 is 0. The first kappa shape index (κ1) is 7.84. The minimum Gasteiger partial charge on any atom is -0.0847 e. The van der Waals surface area contributed by atoms with Crippen molar-refractivity contribution in [3.8, 4) is 0 Å². The topological polar surface area (TPSA) is 0 Å². The van der Waals surface area contributed by atoms with Crippen molar-refractivity contribution in [2.45, 2.75) is 45.4 Å². The predicted molar refractivity (Wildman–Crippen MR) is 55.5 cm³/mol. The van der Waals surface area contributed by atoms with Crippen LogP contribution in [0.2, 0.25) is 0 Å². The van der Waals surface area contributed by atoms with Crippen LogP contribution in [0.15, 0.2) is 23.8 Å². The zero-order valence-corrected chi connectivity index (χ0v) is 8.47. The van der Waals surface area contributed by atoms with Gasteiger partial charge in [0.2, 0.25) is 0 Å². The number of hydrogen-bond acceptors (Lipinski definition) is 0. The van der Waals surface area contributed by atoms with Gasteiger partial charge in [0.1, 0.15) is 0 Å². The van der Waals surface area contributed by atoms with E-state index >= 15 is 0 Å². The van der Waals surface area contributed by atoms with E-state index < -0.39 is 0 Å². The Morgan fingerprint density at radius 3 is 2.46 bits per heavy atom. The molecule has 0 radical (unpaired) electrons. The molecule has 1 fully saturated rings. The Morgan fingerprint density at radius 1 is 1.08 bits per heavy atom. The van der Waals surface area contributed by atoms with E-state index in [1.807, 2.05) is 0 Å². The molecule has 0 N–H and O–H groups in total. The lowest BCUT2D eigenvalue weighted by Crippen LogP contribution is -2.49. The maximum absolute atomic E-state index is 2.52. The van der Waals surface area contributed by atoms with Gasteiger partial charge in [-0.1, -0.05) is 36.6 Å². The molecule has 13 heavy (non-hydrogen) atoms. The number of rotatable bonds is 0. The Labute approximate surface area is 80.7 Å². The molecule has 0 unspecified atom stereocenters. The molecule has 0 spiro atoms. The van der Waals surface area contributed by atoms with E-state index in [4.69, 9.17) is 0 Å². The number of hydrogen-bond donors (Lipinski definition) is 0. The monoisotopic (exact) mass is 174 g/mol. The molecule has 3 aliphatic rings. The summed E-state index contributed by atoms with van der Waals surface area (Å²) in [6.45, 7) is 2.30. The molecule has 2 atom stereocenters. The Kier molecular flexibility index (Phi) is 1.38. The van der Waals surface area contributed by atoms with Crippen molar-refractivity contribution >= 4 is 0 Å². The molecule has 0 nitrogen and oxygen atoms in total. The van der Waals surface area contributed by atoms with Crippen LogP contribution in [0.25, 0.3) is 0 Å². The smallest absolute Gasteiger partial charge is 0.00128 e. The van der Waals surface area contributed by atoms with Gasteiger partial charge in [-0.25, -0.2) is 0 Å². The lowest BCUT2D eigenvalue weighted by Gasteiger charge is -2.59. The van der Waals surface area contributed by atoms with Gasteiger partial charge in [-0.3, -0.25) is 0 Å². The fraction of sp³-hybridized carbons (Fsp3) is 0.692. The summed E-state index contributed by atoms with van der Waals surface area (Å²) in [6, 6.07) is 0. The average Bonchev–Trinajstić information content (AvgIpc) is 2.11. The van der Waals surface area contributed by atoms with Crippen LogP contribution < -0.4 is 0 Å². The molecule has 3 aliphatic carbocycles. The zero-order valence-electron chi connectivity index (χ0n) is 8.47. The third-order valence-corrected chi connectivity index (χ3v) is 4.62. The van der Waals surface area contributed by atoms with Crippen LogP contribution in [-0.4, -0.2) is 0 Å². The molecule has 0 amide bonds.